The van der Waals surface area contributed by atoms with Gasteiger partial charge in [0.1, 0.15) is 0 Å². The predicted octanol–water partition coefficient (Wildman–Crippen LogP) is 4.70. The Morgan fingerprint density at radius 2 is 0.724 bits per heavy atom. The van der Waals surface area contributed by atoms with Crippen LogP contribution in [0.5, 0.6) is 0 Å². The van der Waals surface area contributed by atoms with Crippen LogP contribution in [0.4, 0.5) is 74.6 Å². The van der Waals surface area contributed by atoms with Crippen LogP contribution in [-0.4, -0.2) is 54.5 Å². The van der Waals surface area contributed by atoms with E-state index < -0.39 is 57.1 Å². The van der Waals surface area contributed by atoms with E-state index in [0.717, 1.165) is 0 Å². The van der Waals surface area contributed by atoms with Crippen molar-refractivity contribution >= 4 is 10.1 Å². The number of halogens is 17. The smallest absolute Gasteiger partial charge is 0.430 e. The maximum absolute atomic E-state index is 14.0. The monoisotopic (exact) mass is 499 g/mol. The molecule has 0 radical (unpaired) electrons. The summed E-state index contributed by atoms with van der Waals surface area (Å²) in [6, 6.07) is 0. The SMILES string of the molecule is O=S(=O)([O-])C(F)(F)C(F)(F)C(F)(C(F)(F)F)C(C(F)(F)F)(C(F)(F)F)C(F)(F)F. The molecule has 1 atom stereocenters. The molecule has 0 aromatic carbocycles. The highest BCUT2D eigenvalue weighted by atomic mass is 32.2. The first kappa shape index (κ1) is 27.7. The van der Waals surface area contributed by atoms with Crippen molar-refractivity contribution in [3.8, 4) is 0 Å². The van der Waals surface area contributed by atoms with Crippen LogP contribution in [0.15, 0.2) is 0 Å². The Morgan fingerprint density at radius 3 is 0.862 bits per heavy atom. The fourth-order valence-electron chi connectivity index (χ4n) is 2.05. The van der Waals surface area contributed by atoms with Crippen LogP contribution in [0, 0.1) is 5.41 Å². The molecule has 1 unspecified atom stereocenters. The van der Waals surface area contributed by atoms with E-state index >= 15 is 0 Å². The third-order valence-corrected chi connectivity index (χ3v) is 4.18. The van der Waals surface area contributed by atoms with Gasteiger partial charge in [-0.15, -0.1) is 0 Å². The molecule has 0 rings (SSSR count). The summed E-state index contributed by atoms with van der Waals surface area (Å²) in [5, 5.41) is -8.38. The quantitative estimate of drug-likeness (QED) is 0.417. The third-order valence-electron chi connectivity index (χ3n) is 3.30. The van der Waals surface area contributed by atoms with E-state index in [4.69, 9.17) is 0 Å². The zero-order chi connectivity index (χ0) is 24.5. The van der Waals surface area contributed by atoms with Crippen molar-refractivity contribution in [1.82, 2.24) is 0 Å². The second kappa shape index (κ2) is 6.36. The Morgan fingerprint density at radius 1 is 0.483 bits per heavy atom. The number of hydrogen-bond acceptors (Lipinski definition) is 3. The summed E-state index contributed by atoms with van der Waals surface area (Å²) in [6.07, 6.45) is -35.3. The largest absolute Gasteiger partial charge is 0.743 e. The molecule has 0 aliphatic rings. The van der Waals surface area contributed by atoms with Crippen LogP contribution >= 0.6 is 0 Å². The minimum absolute atomic E-state index is 8.38. The molecule has 0 aliphatic heterocycles. The average molecular weight is 499 g/mol. The van der Waals surface area contributed by atoms with Gasteiger partial charge in [-0.25, -0.2) is 12.8 Å². The van der Waals surface area contributed by atoms with E-state index in [0.29, 0.717) is 0 Å². The molecule has 0 amide bonds. The molecular formula is C8F17O3S-. The highest BCUT2D eigenvalue weighted by Crippen LogP contribution is 2.73. The summed E-state index contributed by atoms with van der Waals surface area (Å²) >= 11 is 0. The van der Waals surface area contributed by atoms with Gasteiger partial charge in [-0.1, -0.05) is 0 Å². The molecule has 3 nitrogen and oxygen atoms in total. The van der Waals surface area contributed by atoms with Gasteiger partial charge in [0.15, 0.2) is 10.1 Å². The summed E-state index contributed by atoms with van der Waals surface area (Å²) < 4.78 is 248. The topological polar surface area (TPSA) is 57.2 Å². The summed E-state index contributed by atoms with van der Waals surface area (Å²) in [7, 11) is -8.48. The summed E-state index contributed by atoms with van der Waals surface area (Å²) in [5.41, 5.74) is -18.9. The molecule has 0 bridgehead atoms. The van der Waals surface area contributed by atoms with Crippen LogP contribution in [0.25, 0.3) is 0 Å². The molecule has 0 fully saturated rings. The van der Waals surface area contributed by atoms with E-state index in [2.05, 4.69) is 0 Å². The lowest BCUT2D eigenvalue weighted by atomic mass is 9.66. The Hall–Kier alpha value is -1.28. The van der Waals surface area contributed by atoms with Crippen LogP contribution in [0.2, 0.25) is 0 Å². The Labute approximate surface area is 146 Å². The van der Waals surface area contributed by atoms with Crippen molar-refractivity contribution in [1.29, 1.82) is 0 Å². The molecule has 0 heterocycles. The first-order chi connectivity index (χ1) is 12.0. The molecule has 0 aromatic rings. The van der Waals surface area contributed by atoms with Gasteiger partial charge in [-0.3, -0.25) is 0 Å². The van der Waals surface area contributed by atoms with Gasteiger partial charge in [0.2, 0.25) is 0 Å². The lowest BCUT2D eigenvalue weighted by Crippen LogP contribution is -2.82. The fourth-order valence-corrected chi connectivity index (χ4v) is 2.51. The van der Waals surface area contributed by atoms with Gasteiger partial charge in [0, 0.05) is 0 Å². The number of hydrogen-bond donors (Lipinski definition) is 0. The van der Waals surface area contributed by atoms with Gasteiger partial charge >= 0.3 is 47.0 Å². The summed E-state index contributed by atoms with van der Waals surface area (Å²) in [6.45, 7) is 0. The number of alkyl halides is 17. The van der Waals surface area contributed by atoms with Gasteiger partial charge in [0.25, 0.3) is 0 Å². The van der Waals surface area contributed by atoms with Gasteiger partial charge in [-0.2, -0.15) is 70.2 Å². The number of rotatable bonds is 4. The second-order valence-corrected chi connectivity index (χ2v) is 6.37. The van der Waals surface area contributed by atoms with Crippen LogP contribution in [-0.2, 0) is 10.1 Å². The lowest BCUT2D eigenvalue weighted by molar-refractivity contribution is -0.514. The molecule has 0 spiro atoms. The first-order valence-electron chi connectivity index (χ1n) is 5.67. The van der Waals surface area contributed by atoms with E-state index in [9.17, 15) is 87.6 Å². The van der Waals surface area contributed by atoms with Crippen molar-refractivity contribution in [2.75, 3.05) is 0 Å². The van der Waals surface area contributed by atoms with E-state index in [1.807, 2.05) is 0 Å². The maximum atomic E-state index is 14.0. The molecule has 29 heavy (non-hydrogen) atoms. The summed E-state index contributed by atoms with van der Waals surface area (Å²) in [5.74, 6) is -9.11. The molecule has 0 aromatic heterocycles. The minimum atomic E-state index is -9.50. The average Bonchev–Trinajstić information content (AvgIpc) is 2.29. The Bertz CT molecular complexity index is 686. The van der Waals surface area contributed by atoms with E-state index in [-0.39, 0.29) is 0 Å². The molecule has 0 saturated carbocycles. The van der Waals surface area contributed by atoms with Gasteiger partial charge < -0.3 is 4.55 Å². The van der Waals surface area contributed by atoms with Crippen molar-refractivity contribution in [3.05, 3.63) is 0 Å². The van der Waals surface area contributed by atoms with Crippen molar-refractivity contribution in [3.63, 3.8) is 0 Å². The standard InChI is InChI=1S/C8HF17O3S/c9-2(7(21,22)23,3(10,11)8(24,25)29(26,27)28)1(4(12,13)14,5(15,16)17)6(18,19)20/h(H,26,27,28)/p-1. The van der Waals surface area contributed by atoms with Crippen LogP contribution in [0.3, 0.4) is 0 Å². The van der Waals surface area contributed by atoms with Gasteiger partial charge in [-0.05, 0) is 0 Å². The first-order valence-corrected chi connectivity index (χ1v) is 7.08. The fraction of sp³-hybridized carbons (Fsp3) is 1.00. The highest BCUT2D eigenvalue weighted by Gasteiger charge is 3.04. The van der Waals surface area contributed by atoms with Crippen molar-refractivity contribution in [2.24, 2.45) is 5.41 Å². The van der Waals surface area contributed by atoms with Gasteiger partial charge in [0.05, 0.1) is 0 Å². The zero-order valence-electron chi connectivity index (χ0n) is 12.1. The van der Waals surface area contributed by atoms with E-state index in [1.54, 1.807) is 0 Å². The van der Waals surface area contributed by atoms with Crippen LogP contribution < -0.4 is 0 Å². The molecule has 0 saturated heterocycles. The molecule has 21 heteroatoms. The Balaban J connectivity index is 8.14. The van der Waals surface area contributed by atoms with E-state index in [1.165, 1.54) is 0 Å². The van der Waals surface area contributed by atoms with Crippen molar-refractivity contribution in [2.45, 2.75) is 41.6 Å². The summed E-state index contributed by atoms with van der Waals surface area (Å²) in [4.78, 5) is 0. The Kier molecular flexibility index (Phi) is 6.08. The van der Waals surface area contributed by atoms with Crippen molar-refractivity contribution < 1.29 is 87.6 Å². The van der Waals surface area contributed by atoms with Crippen LogP contribution in [0.1, 0.15) is 0 Å². The molecule has 0 aliphatic carbocycles. The predicted molar refractivity (Wildman–Crippen MR) is 50.1 cm³/mol. The molecule has 0 N–H and O–H groups in total. The maximum Gasteiger partial charge on any atom is 0.430 e. The zero-order valence-corrected chi connectivity index (χ0v) is 12.9. The lowest BCUT2D eigenvalue weighted by Gasteiger charge is -2.51. The molecule has 176 valence electrons. The normalized spacial score (nSPS) is 18.6. The third kappa shape index (κ3) is 3.26. The highest BCUT2D eigenvalue weighted by molar-refractivity contribution is 7.86. The molecular weight excluding hydrogens is 499 g/mol. The second-order valence-electron chi connectivity index (χ2n) is 4.94. The minimum Gasteiger partial charge on any atom is -0.743 e.